The minimum absolute atomic E-state index is 0.167. The van der Waals surface area contributed by atoms with Gasteiger partial charge in [0.25, 0.3) is 0 Å². The number of aryl methyl sites for hydroxylation is 1. The molecule has 5 nitrogen and oxygen atoms in total. The van der Waals surface area contributed by atoms with Crippen molar-refractivity contribution >= 4 is 32.9 Å². The van der Waals surface area contributed by atoms with Crippen LogP contribution in [-0.2, 0) is 14.8 Å². The summed E-state index contributed by atoms with van der Waals surface area (Å²) in [5, 5.41) is 2.86. The van der Waals surface area contributed by atoms with Crippen molar-refractivity contribution in [3.8, 4) is 0 Å². The molecule has 0 saturated carbocycles. The van der Waals surface area contributed by atoms with E-state index in [-0.39, 0.29) is 17.6 Å². The quantitative estimate of drug-likeness (QED) is 0.767. The molecule has 0 radical (unpaired) electrons. The Bertz CT molecular complexity index is 993. The molecule has 0 aromatic heterocycles. The maximum Gasteiger partial charge on any atom is 0.248 e. The Balaban J connectivity index is 1.81. The fourth-order valence-corrected chi connectivity index (χ4v) is 4.87. The van der Waals surface area contributed by atoms with Gasteiger partial charge in [-0.2, -0.15) is 0 Å². The summed E-state index contributed by atoms with van der Waals surface area (Å²) in [6.45, 7) is 6.61. The standard InChI is InChI=1S/C22H26N2O3S/c1-16(2)21(18-10-8-17(3)9-11-18)15-22(25)23-19-6-4-7-20(14-19)24-12-5-13-28(24,26)27/h4,6-11,14-16H,5,12-13H2,1-3H3,(H,23,25)/b21-15+. The molecule has 0 aliphatic carbocycles. The van der Waals surface area contributed by atoms with Crippen LogP contribution < -0.4 is 9.62 Å². The minimum Gasteiger partial charge on any atom is -0.322 e. The Morgan fingerprint density at radius 3 is 2.46 bits per heavy atom. The highest BCUT2D eigenvalue weighted by molar-refractivity contribution is 7.93. The van der Waals surface area contributed by atoms with Crippen molar-refractivity contribution in [3.63, 3.8) is 0 Å². The van der Waals surface area contributed by atoms with E-state index in [9.17, 15) is 13.2 Å². The van der Waals surface area contributed by atoms with Crippen molar-refractivity contribution in [3.05, 3.63) is 65.7 Å². The van der Waals surface area contributed by atoms with Gasteiger partial charge in [0, 0.05) is 18.3 Å². The number of carbonyl (C=O) groups excluding carboxylic acids is 1. The molecule has 6 heteroatoms. The zero-order chi connectivity index (χ0) is 20.3. The maximum atomic E-state index is 12.6. The predicted octanol–water partition coefficient (Wildman–Crippen LogP) is 4.21. The van der Waals surface area contributed by atoms with Crippen molar-refractivity contribution in [2.45, 2.75) is 27.2 Å². The number of carbonyl (C=O) groups is 1. The van der Waals surface area contributed by atoms with Crippen LogP contribution in [0, 0.1) is 12.8 Å². The van der Waals surface area contributed by atoms with Gasteiger partial charge in [-0.3, -0.25) is 9.10 Å². The number of rotatable bonds is 5. The van der Waals surface area contributed by atoms with Crippen molar-refractivity contribution < 1.29 is 13.2 Å². The van der Waals surface area contributed by atoms with Gasteiger partial charge in [-0.25, -0.2) is 8.42 Å². The lowest BCUT2D eigenvalue weighted by molar-refractivity contribution is -0.111. The number of nitrogens with one attached hydrogen (secondary N) is 1. The van der Waals surface area contributed by atoms with Gasteiger partial charge in [0.1, 0.15) is 0 Å². The van der Waals surface area contributed by atoms with Gasteiger partial charge in [-0.05, 0) is 48.6 Å². The average molecular weight is 399 g/mol. The Hall–Kier alpha value is -2.60. The van der Waals surface area contributed by atoms with Gasteiger partial charge in [0.05, 0.1) is 11.4 Å². The van der Waals surface area contributed by atoms with Gasteiger partial charge in [0.2, 0.25) is 15.9 Å². The molecule has 1 aliphatic heterocycles. The summed E-state index contributed by atoms with van der Waals surface area (Å²) in [5.41, 5.74) is 4.31. The number of sulfonamides is 1. The van der Waals surface area contributed by atoms with Crippen molar-refractivity contribution in [2.24, 2.45) is 5.92 Å². The lowest BCUT2D eigenvalue weighted by atomic mass is 9.94. The second-order valence-corrected chi connectivity index (χ2v) is 9.41. The van der Waals surface area contributed by atoms with E-state index >= 15 is 0 Å². The number of amides is 1. The predicted molar refractivity (Wildman–Crippen MR) is 115 cm³/mol. The van der Waals surface area contributed by atoms with E-state index in [4.69, 9.17) is 0 Å². The molecule has 1 amide bonds. The molecule has 1 aliphatic rings. The zero-order valence-corrected chi connectivity index (χ0v) is 17.3. The molecule has 28 heavy (non-hydrogen) atoms. The summed E-state index contributed by atoms with van der Waals surface area (Å²) in [6, 6.07) is 15.1. The van der Waals surface area contributed by atoms with Gasteiger partial charge in [-0.15, -0.1) is 0 Å². The Kier molecular flexibility index (Phi) is 5.89. The molecule has 3 rings (SSSR count). The van der Waals surface area contributed by atoms with E-state index < -0.39 is 10.0 Å². The van der Waals surface area contributed by atoms with Crippen molar-refractivity contribution in [1.29, 1.82) is 0 Å². The molecule has 148 valence electrons. The van der Waals surface area contributed by atoms with E-state index in [0.717, 1.165) is 11.1 Å². The molecule has 2 aromatic carbocycles. The first-order valence-corrected chi connectivity index (χ1v) is 11.1. The SMILES string of the molecule is Cc1ccc(/C(=C/C(=O)Nc2cccc(N3CCCS3(=O)=O)c2)C(C)C)cc1. The first kappa shape index (κ1) is 20.1. The lowest BCUT2D eigenvalue weighted by Crippen LogP contribution is -2.25. The van der Waals surface area contributed by atoms with Crippen LogP contribution in [-0.4, -0.2) is 26.6 Å². The summed E-state index contributed by atoms with van der Waals surface area (Å²) >= 11 is 0. The topological polar surface area (TPSA) is 66.5 Å². The highest BCUT2D eigenvalue weighted by Gasteiger charge is 2.28. The Morgan fingerprint density at radius 1 is 1.14 bits per heavy atom. The average Bonchev–Trinajstić information content (AvgIpc) is 3.00. The first-order valence-electron chi connectivity index (χ1n) is 9.46. The summed E-state index contributed by atoms with van der Waals surface area (Å²) in [7, 11) is -3.25. The molecule has 0 unspecified atom stereocenters. The molecular weight excluding hydrogens is 372 g/mol. The van der Waals surface area contributed by atoms with Crippen LogP contribution >= 0.6 is 0 Å². The number of hydrogen-bond acceptors (Lipinski definition) is 3. The van der Waals surface area contributed by atoms with Gasteiger partial charge in [-0.1, -0.05) is 49.7 Å². The molecule has 0 atom stereocenters. The molecule has 0 bridgehead atoms. The molecule has 1 fully saturated rings. The Labute approximate surface area is 167 Å². The third-order valence-corrected chi connectivity index (χ3v) is 6.66. The van der Waals surface area contributed by atoms with Crippen LogP contribution in [0.2, 0.25) is 0 Å². The van der Waals surface area contributed by atoms with Crippen LogP contribution in [0.3, 0.4) is 0 Å². The lowest BCUT2D eigenvalue weighted by Gasteiger charge is -2.18. The third-order valence-electron chi connectivity index (χ3n) is 4.79. The molecule has 1 saturated heterocycles. The number of hydrogen-bond donors (Lipinski definition) is 1. The van der Waals surface area contributed by atoms with Gasteiger partial charge in [0.15, 0.2) is 0 Å². The number of allylic oxidation sites excluding steroid dienone is 1. The minimum atomic E-state index is -3.25. The van der Waals surface area contributed by atoms with E-state index in [1.54, 1.807) is 30.3 Å². The maximum absolute atomic E-state index is 12.6. The highest BCUT2D eigenvalue weighted by atomic mass is 32.2. The van der Waals surface area contributed by atoms with Crippen LogP contribution in [0.25, 0.3) is 5.57 Å². The van der Waals surface area contributed by atoms with Gasteiger partial charge < -0.3 is 5.32 Å². The fourth-order valence-electron chi connectivity index (χ4n) is 3.32. The van der Waals surface area contributed by atoms with Crippen LogP contribution in [0.5, 0.6) is 0 Å². The molecule has 1 heterocycles. The summed E-state index contributed by atoms with van der Waals surface area (Å²) < 4.78 is 25.7. The molecule has 1 N–H and O–H groups in total. The zero-order valence-electron chi connectivity index (χ0n) is 16.5. The highest BCUT2D eigenvalue weighted by Crippen LogP contribution is 2.27. The normalized spacial score (nSPS) is 16.4. The second-order valence-electron chi connectivity index (χ2n) is 7.40. The van der Waals surface area contributed by atoms with E-state index in [2.05, 4.69) is 19.2 Å². The van der Waals surface area contributed by atoms with Gasteiger partial charge >= 0.3 is 0 Å². The summed E-state index contributed by atoms with van der Waals surface area (Å²) in [5.74, 6) is 0.126. The number of benzene rings is 2. The summed E-state index contributed by atoms with van der Waals surface area (Å²) in [6.07, 6.45) is 2.24. The van der Waals surface area contributed by atoms with Crippen LogP contribution in [0.1, 0.15) is 31.4 Å². The monoisotopic (exact) mass is 398 g/mol. The van der Waals surface area contributed by atoms with E-state index in [1.807, 2.05) is 31.2 Å². The second kappa shape index (κ2) is 8.19. The molecule has 0 spiro atoms. The fraction of sp³-hybridized carbons (Fsp3) is 0.318. The molecular formula is C22H26N2O3S. The van der Waals surface area contributed by atoms with E-state index in [1.165, 1.54) is 9.87 Å². The summed E-state index contributed by atoms with van der Waals surface area (Å²) in [4.78, 5) is 12.6. The smallest absolute Gasteiger partial charge is 0.248 e. The van der Waals surface area contributed by atoms with Crippen molar-refractivity contribution in [2.75, 3.05) is 21.9 Å². The molecule has 2 aromatic rings. The Morgan fingerprint density at radius 2 is 1.86 bits per heavy atom. The first-order chi connectivity index (χ1) is 13.3. The third kappa shape index (κ3) is 4.62. The largest absolute Gasteiger partial charge is 0.322 e. The number of nitrogens with zero attached hydrogens (tertiary/aromatic N) is 1. The number of anilines is 2. The van der Waals surface area contributed by atoms with Crippen molar-refractivity contribution in [1.82, 2.24) is 0 Å². The van der Waals surface area contributed by atoms with Crippen LogP contribution in [0.15, 0.2) is 54.6 Å². The van der Waals surface area contributed by atoms with E-state index in [0.29, 0.717) is 24.3 Å². The van der Waals surface area contributed by atoms with Crippen LogP contribution in [0.4, 0.5) is 11.4 Å².